The number of nitrogens with zero attached hydrogens (tertiary/aromatic N) is 1. The van der Waals surface area contributed by atoms with Crippen molar-refractivity contribution >= 4 is 29.6 Å². The number of ether oxygens (including phenoxy) is 1. The van der Waals surface area contributed by atoms with Gasteiger partial charge in [0.15, 0.2) is 6.61 Å². The molecule has 0 unspecified atom stereocenters. The zero-order valence-electron chi connectivity index (χ0n) is 18.3. The SMILES string of the molecule is Cc1cc(C)cc(NC(=O)COc2ccccc2/C=N\NC(=O)C(=O)NCc2ccco2)c1. The third-order valence-corrected chi connectivity index (χ3v) is 4.36. The van der Waals surface area contributed by atoms with Crippen LogP contribution in [0.3, 0.4) is 0 Å². The Balaban J connectivity index is 1.50. The summed E-state index contributed by atoms with van der Waals surface area (Å²) in [5.41, 5.74) is 5.46. The number of hydrogen-bond acceptors (Lipinski definition) is 6. The summed E-state index contributed by atoms with van der Waals surface area (Å²) in [6, 6.07) is 16.0. The van der Waals surface area contributed by atoms with Gasteiger partial charge < -0.3 is 19.8 Å². The van der Waals surface area contributed by atoms with Gasteiger partial charge in [-0.3, -0.25) is 14.4 Å². The number of nitrogens with one attached hydrogen (secondary N) is 3. The summed E-state index contributed by atoms with van der Waals surface area (Å²) < 4.78 is 10.7. The van der Waals surface area contributed by atoms with Crippen LogP contribution >= 0.6 is 0 Å². The number of carbonyl (C=O) groups excluding carboxylic acids is 3. The molecule has 3 aromatic rings. The molecular formula is C24H24N4O5. The summed E-state index contributed by atoms with van der Waals surface area (Å²) in [7, 11) is 0. The maximum Gasteiger partial charge on any atom is 0.329 e. The van der Waals surface area contributed by atoms with Crippen LogP contribution in [0.25, 0.3) is 0 Å². The highest BCUT2D eigenvalue weighted by atomic mass is 16.5. The lowest BCUT2D eigenvalue weighted by atomic mass is 10.1. The molecule has 9 heteroatoms. The number of para-hydroxylation sites is 1. The van der Waals surface area contributed by atoms with E-state index in [9.17, 15) is 14.4 Å². The number of amides is 3. The van der Waals surface area contributed by atoms with Crippen molar-refractivity contribution in [2.45, 2.75) is 20.4 Å². The molecule has 1 aromatic heterocycles. The Hall–Kier alpha value is -4.40. The van der Waals surface area contributed by atoms with Crippen molar-refractivity contribution in [2.24, 2.45) is 5.10 Å². The number of benzene rings is 2. The zero-order chi connectivity index (χ0) is 23.6. The first kappa shape index (κ1) is 23.3. The van der Waals surface area contributed by atoms with E-state index in [4.69, 9.17) is 9.15 Å². The Kier molecular flexibility index (Phi) is 7.96. The van der Waals surface area contributed by atoms with Crippen LogP contribution < -0.4 is 20.8 Å². The number of carbonyl (C=O) groups is 3. The average Bonchev–Trinajstić information content (AvgIpc) is 3.29. The molecule has 33 heavy (non-hydrogen) atoms. The van der Waals surface area contributed by atoms with E-state index in [-0.39, 0.29) is 19.1 Å². The molecule has 0 aliphatic heterocycles. The number of furan rings is 1. The normalized spacial score (nSPS) is 10.6. The van der Waals surface area contributed by atoms with Crippen LogP contribution in [-0.4, -0.2) is 30.5 Å². The van der Waals surface area contributed by atoms with Crippen molar-refractivity contribution in [3.63, 3.8) is 0 Å². The molecular weight excluding hydrogens is 424 g/mol. The van der Waals surface area contributed by atoms with E-state index in [1.807, 2.05) is 32.0 Å². The third kappa shape index (κ3) is 7.35. The molecule has 0 spiro atoms. The van der Waals surface area contributed by atoms with Crippen LogP contribution in [0.2, 0.25) is 0 Å². The number of rotatable bonds is 8. The Labute approximate surface area is 190 Å². The lowest BCUT2D eigenvalue weighted by Crippen LogP contribution is -2.37. The number of aryl methyl sites for hydroxylation is 2. The van der Waals surface area contributed by atoms with Crippen molar-refractivity contribution in [3.8, 4) is 5.75 Å². The molecule has 9 nitrogen and oxygen atoms in total. The molecule has 3 N–H and O–H groups in total. The Morgan fingerprint density at radius 1 is 1.00 bits per heavy atom. The molecule has 0 radical (unpaired) electrons. The van der Waals surface area contributed by atoms with E-state index in [1.54, 1.807) is 36.4 Å². The molecule has 0 fully saturated rings. The third-order valence-electron chi connectivity index (χ3n) is 4.36. The lowest BCUT2D eigenvalue weighted by Gasteiger charge is -2.10. The van der Waals surface area contributed by atoms with Gasteiger partial charge in [0.25, 0.3) is 5.91 Å². The van der Waals surface area contributed by atoms with E-state index < -0.39 is 11.8 Å². The van der Waals surface area contributed by atoms with Crippen LogP contribution in [0.1, 0.15) is 22.5 Å². The number of hydrazone groups is 1. The summed E-state index contributed by atoms with van der Waals surface area (Å²) in [6.45, 7) is 3.79. The van der Waals surface area contributed by atoms with Crippen molar-refractivity contribution in [1.82, 2.24) is 10.7 Å². The molecule has 0 saturated carbocycles. The molecule has 3 amide bonds. The predicted octanol–water partition coefficient (Wildman–Crippen LogP) is 2.68. The van der Waals surface area contributed by atoms with Gasteiger partial charge in [-0.2, -0.15) is 5.10 Å². The summed E-state index contributed by atoms with van der Waals surface area (Å²) in [5, 5.41) is 9.01. The Morgan fingerprint density at radius 3 is 2.48 bits per heavy atom. The second-order valence-corrected chi connectivity index (χ2v) is 7.21. The smallest absolute Gasteiger partial charge is 0.329 e. The Morgan fingerprint density at radius 2 is 1.76 bits per heavy atom. The van der Waals surface area contributed by atoms with E-state index in [0.717, 1.165) is 11.1 Å². The highest BCUT2D eigenvalue weighted by Crippen LogP contribution is 2.17. The van der Waals surface area contributed by atoms with Gasteiger partial charge in [0, 0.05) is 11.3 Å². The fourth-order valence-electron chi connectivity index (χ4n) is 2.98. The number of anilines is 1. The summed E-state index contributed by atoms with van der Waals surface area (Å²) in [5.74, 6) is -1.17. The van der Waals surface area contributed by atoms with Crippen molar-refractivity contribution in [3.05, 3.63) is 83.3 Å². The predicted molar refractivity (Wildman–Crippen MR) is 123 cm³/mol. The number of hydrogen-bond donors (Lipinski definition) is 3. The van der Waals surface area contributed by atoms with Crippen LogP contribution in [0.5, 0.6) is 5.75 Å². The maximum absolute atomic E-state index is 12.3. The first-order valence-electron chi connectivity index (χ1n) is 10.1. The second-order valence-electron chi connectivity index (χ2n) is 7.21. The topological polar surface area (TPSA) is 122 Å². The van der Waals surface area contributed by atoms with Crippen molar-refractivity contribution in [2.75, 3.05) is 11.9 Å². The Bertz CT molecular complexity index is 1140. The van der Waals surface area contributed by atoms with Crippen LogP contribution in [0, 0.1) is 13.8 Å². The largest absolute Gasteiger partial charge is 0.483 e. The van der Waals surface area contributed by atoms with E-state index in [1.165, 1.54) is 12.5 Å². The molecule has 0 aliphatic carbocycles. The zero-order valence-corrected chi connectivity index (χ0v) is 18.3. The van der Waals surface area contributed by atoms with Gasteiger partial charge in [-0.15, -0.1) is 0 Å². The van der Waals surface area contributed by atoms with E-state index in [2.05, 4.69) is 21.2 Å². The first-order chi connectivity index (χ1) is 15.9. The molecule has 2 aromatic carbocycles. The van der Waals surface area contributed by atoms with Gasteiger partial charge in [-0.05, 0) is 61.4 Å². The van der Waals surface area contributed by atoms with Crippen molar-refractivity contribution < 1.29 is 23.5 Å². The van der Waals surface area contributed by atoms with Gasteiger partial charge in [0.1, 0.15) is 11.5 Å². The van der Waals surface area contributed by atoms with Gasteiger partial charge in [0.2, 0.25) is 0 Å². The van der Waals surface area contributed by atoms with Gasteiger partial charge >= 0.3 is 11.8 Å². The monoisotopic (exact) mass is 448 g/mol. The fourth-order valence-corrected chi connectivity index (χ4v) is 2.98. The van der Waals surface area contributed by atoms with Gasteiger partial charge in [-0.25, -0.2) is 5.43 Å². The minimum absolute atomic E-state index is 0.0871. The molecule has 0 aliphatic rings. The molecule has 0 atom stereocenters. The summed E-state index contributed by atoms with van der Waals surface area (Å²) >= 11 is 0. The van der Waals surface area contributed by atoms with Crippen LogP contribution in [0.15, 0.2) is 70.4 Å². The molecule has 1 heterocycles. The van der Waals surface area contributed by atoms with Crippen LogP contribution in [-0.2, 0) is 20.9 Å². The van der Waals surface area contributed by atoms with Gasteiger partial charge in [0.05, 0.1) is 19.0 Å². The standard InChI is InChI=1S/C24H24N4O5/c1-16-10-17(2)12-19(11-16)27-22(29)15-33-21-8-4-3-6-18(21)13-26-28-24(31)23(30)25-14-20-7-5-9-32-20/h3-13H,14-15H2,1-2H3,(H,25,30)(H,27,29)(H,28,31)/b26-13-. The van der Waals surface area contributed by atoms with Gasteiger partial charge in [-0.1, -0.05) is 18.2 Å². The van der Waals surface area contributed by atoms with E-state index in [0.29, 0.717) is 22.8 Å². The minimum Gasteiger partial charge on any atom is -0.483 e. The molecule has 0 saturated heterocycles. The fraction of sp³-hybridized carbons (Fsp3) is 0.167. The molecule has 170 valence electrons. The van der Waals surface area contributed by atoms with E-state index >= 15 is 0 Å². The maximum atomic E-state index is 12.3. The average molecular weight is 448 g/mol. The van der Waals surface area contributed by atoms with Crippen molar-refractivity contribution in [1.29, 1.82) is 0 Å². The lowest BCUT2D eigenvalue weighted by molar-refractivity contribution is -0.139. The molecule has 0 bridgehead atoms. The highest BCUT2D eigenvalue weighted by molar-refractivity contribution is 6.35. The first-order valence-corrected chi connectivity index (χ1v) is 10.1. The summed E-state index contributed by atoms with van der Waals surface area (Å²) in [6.07, 6.45) is 2.80. The summed E-state index contributed by atoms with van der Waals surface area (Å²) in [4.78, 5) is 35.9. The van der Waals surface area contributed by atoms with Crippen LogP contribution in [0.4, 0.5) is 5.69 Å². The quantitative estimate of drug-likeness (QED) is 0.278. The second kappa shape index (κ2) is 11.3. The minimum atomic E-state index is -0.927. The highest BCUT2D eigenvalue weighted by Gasteiger charge is 2.13. The molecule has 3 rings (SSSR count).